The van der Waals surface area contributed by atoms with E-state index >= 15 is 0 Å². The molecule has 1 aliphatic rings. The van der Waals surface area contributed by atoms with Gasteiger partial charge in [-0.25, -0.2) is 0 Å². The van der Waals surface area contributed by atoms with E-state index in [0.717, 1.165) is 38.3 Å². The normalized spacial score (nSPS) is 15.6. The number of rotatable bonds is 6. The predicted octanol–water partition coefficient (Wildman–Crippen LogP) is 2.15. The molecule has 1 fully saturated rings. The van der Waals surface area contributed by atoms with Crippen LogP contribution >= 0.6 is 11.6 Å². The van der Waals surface area contributed by atoms with E-state index in [4.69, 9.17) is 11.6 Å². The van der Waals surface area contributed by atoms with E-state index in [-0.39, 0.29) is 17.7 Å². The summed E-state index contributed by atoms with van der Waals surface area (Å²) in [7, 11) is 0. The number of benzene rings is 1. The first-order valence-corrected chi connectivity index (χ1v) is 8.86. The van der Waals surface area contributed by atoms with Gasteiger partial charge in [0.25, 0.3) is 0 Å². The van der Waals surface area contributed by atoms with E-state index in [1.807, 2.05) is 43.0 Å². The molecule has 2 amide bonds. The van der Waals surface area contributed by atoms with Crippen LogP contribution in [-0.4, -0.2) is 54.3 Å². The van der Waals surface area contributed by atoms with Gasteiger partial charge in [0.05, 0.1) is 0 Å². The maximum absolute atomic E-state index is 12.0. The summed E-state index contributed by atoms with van der Waals surface area (Å²) in [5.74, 6) is 0.287. The number of carbonyl (C=O) groups is 2. The lowest BCUT2D eigenvalue weighted by molar-refractivity contribution is -0.136. The third-order valence-corrected chi connectivity index (χ3v) is 4.64. The second-order valence-electron chi connectivity index (χ2n) is 6.44. The molecule has 0 saturated carbocycles. The summed E-state index contributed by atoms with van der Waals surface area (Å²) in [6.45, 7) is 8.19. The average molecular weight is 352 g/mol. The van der Waals surface area contributed by atoms with Crippen molar-refractivity contribution in [1.29, 1.82) is 0 Å². The van der Waals surface area contributed by atoms with Gasteiger partial charge in [0, 0.05) is 56.6 Å². The number of carbonyl (C=O) groups excluding carboxylic acids is 2. The topological polar surface area (TPSA) is 52.7 Å². The van der Waals surface area contributed by atoms with Crippen molar-refractivity contribution in [2.75, 3.05) is 32.7 Å². The smallest absolute Gasteiger partial charge is 0.225 e. The fourth-order valence-corrected chi connectivity index (χ4v) is 2.94. The fraction of sp³-hybridized carbons (Fsp3) is 0.556. The second-order valence-corrected chi connectivity index (χ2v) is 6.85. The minimum Gasteiger partial charge on any atom is -0.352 e. The van der Waals surface area contributed by atoms with Gasteiger partial charge in [-0.3, -0.25) is 14.5 Å². The first kappa shape index (κ1) is 18.7. The van der Waals surface area contributed by atoms with Gasteiger partial charge in [-0.1, -0.05) is 43.6 Å². The third kappa shape index (κ3) is 5.49. The molecule has 0 unspecified atom stereocenters. The number of amides is 2. The van der Waals surface area contributed by atoms with E-state index in [9.17, 15) is 9.59 Å². The molecular formula is C18H26ClN3O2. The van der Waals surface area contributed by atoms with Gasteiger partial charge in [0.2, 0.25) is 11.8 Å². The van der Waals surface area contributed by atoms with Crippen LogP contribution in [0.15, 0.2) is 24.3 Å². The van der Waals surface area contributed by atoms with Crippen LogP contribution in [0.1, 0.15) is 25.8 Å². The Bertz CT molecular complexity index is 569. The Morgan fingerprint density at radius 2 is 1.83 bits per heavy atom. The van der Waals surface area contributed by atoms with Crippen LogP contribution < -0.4 is 5.32 Å². The largest absolute Gasteiger partial charge is 0.352 e. The van der Waals surface area contributed by atoms with Crippen molar-refractivity contribution in [3.05, 3.63) is 34.9 Å². The number of hydrogen-bond donors (Lipinski definition) is 1. The van der Waals surface area contributed by atoms with Gasteiger partial charge < -0.3 is 10.2 Å². The molecule has 24 heavy (non-hydrogen) atoms. The van der Waals surface area contributed by atoms with Crippen LogP contribution in [-0.2, 0) is 16.1 Å². The quantitative estimate of drug-likeness (QED) is 0.854. The Labute approximate surface area is 149 Å². The molecule has 0 aromatic heterocycles. The fourth-order valence-electron chi connectivity index (χ4n) is 2.74. The minimum atomic E-state index is 0.0237. The summed E-state index contributed by atoms with van der Waals surface area (Å²) in [6.07, 6.45) is 0.461. The molecule has 0 bridgehead atoms. The summed E-state index contributed by atoms with van der Waals surface area (Å²) >= 11 is 6.08. The van der Waals surface area contributed by atoms with Crippen molar-refractivity contribution in [2.45, 2.75) is 26.8 Å². The van der Waals surface area contributed by atoms with Gasteiger partial charge in [-0.2, -0.15) is 0 Å². The highest BCUT2D eigenvalue weighted by atomic mass is 35.5. The zero-order valence-electron chi connectivity index (χ0n) is 14.4. The van der Waals surface area contributed by atoms with Crippen LogP contribution in [0.2, 0.25) is 5.02 Å². The zero-order valence-corrected chi connectivity index (χ0v) is 15.2. The van der Waals surface area contributed by atoms with E-state index in [2.05, 4.69) is 10.2 Å². The summed E-state index contributed by atoms with van der Waals surface area (Å²) in [6, 6.07) is 7.51. The first-order chi connectivity index (χ1) is 11.5. The van der Waals surface area contributed by atoms with E-state index in [0.29, 0.717) is 18.0 Å². The monoisotopic (exact) mass is 351 g/mol. The third-order valence-electron chi connectivity index (χ3n) is 4.27. The SMILES string of the molecule is CC(C)C(=O)N1CCN(CCC(=O)NCc2ccccc2Cl)CC1. The van der Waals surface area contributed by atoms with Crippen LogP contribution in [0, 0.1) is 5.92 Å². The molecule has 2 rings (SSSR count). The highest BCUT2D eigenvalue weighted by molar-refractivity contribution is 6.31. The van der Waals surface area contributed by atoms with Crippen LogP contribution in [0.25, 0.3) is 0 Å². The molecule has 1 aliphatic heterocycles. The predicted molar refractivity (Wildman–Crippen MR) is 95.8 cm³/mol. The van der Waals surface area contributed by atoms with Gasteiger partial charge in [0.15, 0.2) is 0 Å². The molecule has 0 radical (unpaired) electrons. The molecule has 0 atom stereocenters. The number of nitrogens with zero attached hydrogens (tertiary/aromatic N) is 2. The maximum atomic E-state index is 12.0. The molecular weight excluding hydrogens is 326 g/mol. The van der Waals surface area contributed by atoms with Gasteiger partial charge in [-0.05, 0) is 11.6 Å². The summed E-state index contributed by atoms with van der Waals surface area (Å²) in [5, 5.41) is 3.58. The van der Waals surface area contributed by atoms with Crippen molar-refractivity contribution >= 4 is 23.4 Å². The van der Waals surface area contributed by atoms with Gasteiger partial charge in [-0.15, -0.1) is 0 Å². The summed E-state index contributed by atoms with van der Waals surface area (Å²) < 4.78 is 0. The zero-order chi connectivity index (χ0) is 17.5. The lowest BCUT2D eigenvalue weighted by Crippen LogP contribution is -2.50. The Morgan fingerprint density at radius 3 is 2.46 bits per heavy atom. The number of hydrogen-bond acceptors (Lipinski definition) is 3. The Balaban J connectivity index is 1.66. The molecule has 0 aliphatic carbocycles. The molecule has 132 valence electrons. The van der Waals surface area contributed by atoms with E-state index in [1.165, 1.54) is 0 Å². The Morgan fingerprint density at radius 1 is 1.17 bits per heavy atom. The lowest BCUT2D eigenvalue weighted by atomic mass is 10.1. The molecule has 1 N–H and O–H groups in total. The van der Waals surface area contributed by atoms with Crippen LogP contribution in [0.4, 0.5) is 0 Å². The Hall–Kier alpha value is -1.59. The first-order valence-electron chi connectivity index (χ1n) is 8.48. The van der Waals surface area contributed by atoms with Gasteiger partial charge in [0.1, 0.15) is 0 Å². The minimum absolute atomic E-state index is 0.0237. The van der Waals surface area contributed by atoms with Gasteiger partial charge >= 0.3 is 0 Å². The highest BCUT2D eigenvalue weighted by Gasteiger charge is 2.22. The van der Waals surface area contributed by atoms with Crippen LogP contribution in [0.3, 0.4) is 0 Å². The van der Waals surface area contributed by atoms with E-state index < -0.39 is 0 Å². The maximum Gasteiger partial charge on any atom is 0.225 e. The molecule has 5 nitrogen and oxygen atoms in total. The number of piperazine rings is 1. The molecule has 1 heterocycles. The van der Waals surface area contributed by atoms with Crippen LogP contribution in [0.5, 0.6) is 0 Å². The summed E-state index contributed by atoms with van der Waals surface area (Å²) in [4.78, 5) is 28.1. The number of nitrogens with one attached hydrogen (secondary N) is 1. The van der Waals surface area contributed by atoms with Crippen molar-refractivity contribution in [3.63, 3.8) is 0 Å². The van der Waals surface area contributed by atoms with Crippen molar-refractivity contribution in [2.24, 2.45) is 5.92 Å². The van der Waals surface area contributed by atoms with Crippen molar-refractivity contribution in [1.82, 2.24) is 15.1 Å². The molecule has 1 aromatic carbocycles. The highest BCUT2D eigenvalue weighted by Crippen LogP contribution is 2.14. The number of halogens is 1. The average Bonchev–Trinajstić information content (AvgIpc) is 2.59. The van der Waals surface area contributed by atoms with E-state index in [1.54, 1.807) is 0 Å². The second kappa shape index (κ2) is 9.04. The summed E-state index contributed by atoms with van der Waals surface area (Å²) in [5.41, 5.74) is 0.924. The molecule has 1 aromatic rings. The van der Waals surface area contributed by atoms with Crippen molar-refractivity contribution < 1.29 is 9.59 Å². The lowest BCUT2D eigenvalue weighted by Gasteiger charge is -2.35. The molecule has 1 saturated heterocycles. The standard InChI is InChI=1S/C18H26ClN3O2/c1-14(2)18(24)22-11-9-21(10-12-22)8-7-17(23)20-13-15-5-3-4-6-16(15)19/h3-6,14H,7-13H2,1-2H3,(H,20,23). The van der Waals surface area contributed by atoms with Crippen molar-refractivity contribution in [3.8, 4) is 0 Å². The molecule has 6 heteroatoms. The molecule has 0 spiro atoms. The Kier molecular flexibility index (Phi) is 7.06.